The highest BCUT2D eigenvalue weighted by molar-refractivity contribution is 5.67. The molecule has 29 heavy (non-hydrogen) atoms. The summed E-state index contributed by atoms with van der Waals surface area (Å²) >= 11 is 0. The van der Waals surface area contributed by atoms with Gasteiger partial charge in [0.1, 0.15) is 6.61 Å². The molecule has 0 radical (unpaired) electrons. The first-order valence-electron chi connectivity index (χ1n) is 10.6. The van der Waals surface area contributed by atoms with Gasteiger partial charge in [0.05, 0.1) is 12.7 Å². The standard InChI is InChI=1S/C23H31NO5/c1-5-8-24-22(25)27-12-23-11-26-21(20(16(23)4)14(2)9-15(23)3)17-6-7-18-19(10-17)29-13-28-18/h6-7,9-10,15-16,20-21H,5,8,11-13H2,1-4H3,(H,24,25)/t15?,16?,20-,21?,23-/m0/s1. The number of carbonyl (C=O) groups excluding carboxylic acids is 1. The van der Waals surface area contributed by atoms with Gasteiger partial charge in [-0.25, -0.2) is 4.79 Å². The first kappa shape index (κ1) is 20.1. The van der Waals surface area contributed by atoms with E-state index in [1.54, 1.807) is 0 Å². The predicted molar refractivity (Wildman–Crippen MR) is 109 cm³/mol. The minimum Gasteiger partial charge on any atom is -0.454 e. The molecule has 1 aromatic carbocycles. The summed E-state index contributed by atoms with van der Waals surface area (Å²) in [4.78, 5) is 12.1. The molecule has 1 amide bonds. The van der Waals surface area contributed by atoms with Gasteiger partial charge in [0.2, 0.25) is 6.79 Å². The number of rotatable bonds is 5. The molecule has 1 aromatic rings. The lowest BCUT2D eigenvalue weighted by Gasteiger charge is -2.55. The molecule has 0 spiro atoms. The van der Waals surface area contributed by atoms with Crippen LogP contribution in [0.4, 0.5) is 4.79 Å². The largest absolute Gasteiger partial charge is 0.454 e. The third kappa shape index (κ3) is 3.48. The molecule has 3 aliphatic rings. The van der Waals surface area contributed by atoms with Crippen LogP contribution in [0.5, 0.6) is 11.5 Å². The van der Waals surface area contributed by atoms with E-state index in [9.17, 15) is 4.79 Å². The predicted octanol–water partition coefficient (Wildman–Crippen LogP) is 4.46. The Hall–Kier alpha value is -2.21. The zero-order valence-electron chi connectivity index (χ0n) is 17.7. The maximum Gasteiger partial charge on any atom is 0.407 e. The van der Waals surface area contributed by atoms with Crippen LogP contribution in [0.15, 0.2) is 29.8 Å². The summed E-state index contributed by atoms with van der Waals surface area (Å²) in [6.07, 6.45) is 2.82. The summed E-state index contributed by atoms with van der Waals surface area (Å²) < 4.78 is 23.1. The number of hydrogen-bond acceptors (Lipinski definition) is 5. The third-order valence-electron chi connectivity index (χ3n) is 6.97. The minimum atomic E-state index is -0.346. The van der Waals surface area contributed by atoms with Gasteiger partial charge in [0, 0.05) is 17.9 Å². The molecule has 0 aromatic heterocycles. The molecule has 1 N–H and O–H groups in total. The maximum atomic E-state index is 12.1. The topological polar surface area (TPSA) is 66.0 Å². The highest BCUT2D eigenvalue weighted by Crippen LogP contribution is 2.56. The van der Waals surface area contributed by atoms with Gasteiger partial charge in [-0.2, -0.15) is 0 Å². The van der Waals surface area contributed by atoms with E-state index in [1.165, 1.54) is 5.57 Å². The molecule has 4 rings (SSSR count). The minimum absolute atomic E-state index is 0.0507. The van der Waals surface area contributed by atoms with Crippen molar-refractivity contribution in [3.8, 4) is 11.5 Å². The van der Waals surface area contributed by atoms with Gasteiger partial charge in [-0.15, -0.1) is 0 Å². The first-order chi connectivity index (χ1) is 14.0. The number of hydrogen-bond donors (Lipinski definition) is 1. The molecule has 3 unspecified atom stereocenters. The van der Waals surface area contributed by atoms with E-state index in [0.29, 0.717) is 25.7 Å². The van der Waals surface area contributed by atoms with Gasteiger partial charge in [0.15, 0.2) is 11.5 Å². The molecule has 2 aliphatic heterocycles. The molecule has 158 valence electrons. The van der Waals surface area contributed by atoms with Gasteiger partial charge in [0.25, 0.3) is 0 Å². The van der Waals surface area contributed by atoms with Gasteiger partial charge < -0.3 is 24.3 Å². The lowest BCUT2D eigenvalue weighted by molar-refractivity contribution is -0.165. The molecule has 6 nitrogen and oxygen atoms in total. The van der Waals surface area contributed by atoms with Crippen LogP contribution in [0.25, 0.3) is 0 Å². The molecular formula is C23H31NO5. The summed E-state index contributed by atoms with van der Waals surface area (Å²) in [5.41, 5.74) is 2.21. The zero-order valence-corrected chi connectivity index (χ0v) is 17.7. The fraction of sp³-hybridized carbons (Fsp3) is 0.609. The molecule has 5 atom stereocenters. The van der Waals surface area contributed by atoms with Crippen LogP contribution in [-0.2, 0) is 9.47 Å². The first-order valence-corrected chi connectivity index (χ1v) is 10.6. The summed E-state index contributed by atoms with van der Waals surface area (Å²) in [6, 6.07) is 6.06. The Labute approximate surface area is 172 Å². The number of benzene rings is 1. The Balaban J connectivity index is 1.57. The number of amides is 1. The smallest absolute Gasteiger partial charge is 0.407 e. The molecule has 1 saturated heterocycles. The lowest BCUT2D eigenvalue weighted by Crippen LogP contribution is -2.54. The van der Waals surface area contributed by atoms with Crippen molar-refractivity contribution < 1.29 is 23.7 Å². The molecule has 6 heteroatoms. The lowest BCUT2D eigenvalue weighted by atomic mass is 9.56. The zero-order chi connectivity index (χ0) is 20.6. The Morgan fingerprint density at radius 3 is 2.86 bits per heavy atom. The number of nitrogens with one attached hydrogen (secondary N) is 1. The monoisotopic (exact) mass is 401 g/mol. The van der Waals surface area contributed by atoms with Crippen LogP contribution in [-0.4, -0.2) is 32.6 Å². The van der Waals surface area contributed by atoms with E-state index in [2.05, 4.69) is 38.2 Å². The third-order valence-corrected chi connectivity index (χ3v) is 6.97. The van der Waals surface area contributed by atoms with Crippen molar-refractivity contribution in [2.24, 2.45) is 23.2 Å². The van der Waals surface area contributed by atoms with Crippen molar-refractivity contribution in [3.05, 3.63) is 35.4 Å². The van der Waals surface area contributed by atoms with Gasteiger partial charge in [-0.05, 0) is 42.9 Å². The highest BCUT2D eigenvalue weighted by Gasteiger charge is 2.54. The Kier molecular flexibility index (Phi) is 5.47. The van der Waals surface area contributed by atoms with E-state index in [4.69, 9.17) is 18.9 Å². The summed E-state index contributed by atoms with van der Waals surface area (Å²) in [5.74, 6) is 2.36. The van der Waals surface area contributed by atoms with E-state index in [-0.39, 0.29) is 36.2 Å². The average molecular weight is 402 g/mol. The van der Waals surface area contributed by atoms with Crippen molar-refractivity contribution in [2.75, 3.05) is 26.6 Å². The van der Waals surface area contributed by atoms with E-state index < -0.39 is 0 Å². The van der Waals surface area contributed by atoms with Crippen molar-refractivity contribution >= 4 is 6.09 Å². The number of fused-ring (bicyclic) bond motifs is 3. The number of allylic oxidation sites excluding steroid dienone is 1. The molecule has 2 heterocycles. The van der Waals surface area contributed by atoms with Gasteiger partial charge in [-0.3, -0.25) is 0 Å². The van der Waals surface area contributed by atoms with Gasteiger partial charge >= 0.3 is 6.09 Å². The second-order valence-electron chi connectivity index (χ2n) is 8.59. The SMILES string of the molecule is CCCNC(=O)OC[C@@]12COC(c3ccc4c(c3)OCO4)[C@@H](C(C)=CC1C)C2C. The van der Waals surface area contributed by atoms with Crippen LogP contribution >= 0.6 is 0 Å². The van der Waals surface area contributed by atoms with Crippen molar-refractivity contribution in [3.63, 3.8) is 0 Å². The van der Waals surface area contributed by atoms with Crippen molar-refractivity contribution in [1.82, 2.24) is 5.32 Å². The van der Waals surface area contributed by atoms with Crippen LogP contribution in [0, 0.1) is 23.2 Å². The fourth-order valence-electron chi connectivity index (χ4n) is 5.13. The summed E-state index contributed by atoms with van der Waals surface area (Å²) in [6.45, 7) is 10.5. The van der Waals surface area contributed by atoms with E-state index in [1.807, 2.05) is 19.1 Å². The summed E-state index contributed by atoms with van der Waals surface area (Å²) in [7, 11) is 0. The van der Waals surface area contributed by atoms with Crippen LogP contribution < -0.4 is 14.8 Å². The molecule has 0 saturated carbocycles. The molecule has 2 bridgehead atoms. The van der Waals surface area contributed by atoms with Crippen molar-refractivity contribution in [2.45, 2.75) is 40.2 Å². The molecule has 1 fully saturated rings. The molecule has 1 aliphatic carbocycles. The fourth-order valence-corrected chi connectivity index (χ4v) is 5.13. The van der Waals surface area contributed by atoms with E-state index in [0.717, 1.165) is 23.5 Å². The second kappa shape index (κ2) is 7.90. The van der Waals surface area contributed by atoms with Crippen molar-refractivity contribution in [1.29, 1.82) is 0 Å². The second-order valence-corrected chi connectivity index (χ2v) is 8.59. The quantitative estimate of drug-likeness (QED) is 0.738. The highest BCUT2D eigenvalue weighted by atomic mass is 16.7. The number of carbonyl (C=O) groups is 1. The number of ether oxygens (including phenoxy) is 4. The van der Waals surface area contributed by atoms with E-state index >= 15 is 0 Å². The normalized spacial score (nSPS) is 32.5. The number of alkyl carbamates (subject to hydrolysis) is 1. The van der Waals surface area contributed by atoms with Gasteiger partial charge in [-0.1, -0.05) is 38.5 Å². The Bertz CT molecular complexity index is 806. The average Bonchev–Trinajstić information content (AvgIpc) is 3.17. The molecular weight excluding hydrogens is 370 g/mol. The Morgan fingerprint density at radius 1 is 1.28 bits per heavy atom. The Morgan fingerprint density at radius 2 is 2.07 bits per heavy atom. The van der Waals surface area contributed by atoms with Crippen LogP contribution in [0.2, 0.25) is 0 Å². The van der Waals surface area contributed by atoms with Crippen LogP contribution in [0.3, 0.4) is 0 Å². The maximum absolute atomic E-state index is 12.1. The van der Waals surface area contributed by atoms with Crippen LogP contribution in [0.1, 0.15) is 45.8 Å². The summed E-state index contributed by atoms with van der Waals surface area (Å²) in [5, 5.41) is 2.80.